The number of hydrogen-bond donors (Lipinski definition) is 1. The number of aryl methyl sites for hydroxylation is 1. The van der Waals surface area contributed by atoms with Crippen molar-refractivity contribution in [1.29, 1.82) is 0 Å². The summed E-state index contributed by atoms with van der Waals surface area (Å²) in [7, 11) is 1.78. The summed E-state index contributed by atoms with van der Waals surface area (Å²) in [6.07, 6.45) is 0. The second kappa shape index (κ2) is 7.51. The van der Waals surface area contributed by atoms with Gasteiger partial charge in [-0.05, 0) is 5.56 Å². The minimum absolute atomic E-state index is 0. The zero-order valence-corrected chi connectivity index (χ0v) is 14.7. The monoisotopic (exact) mass is 338 g/mol. The minimum atomic E-state index is 0. The average molecular weight is 338 g/mol. The van der Waals surface area contributed by atoms with Crippen molar-refractivity contribution in [2.75, 3.05) is 7.05 Å². The Hall–Kier alpha value is -1.25. The predicted octanol–water partition coefficient (Wildman–Crippen LogP) is 3.19. The van der Waals surface area contributed by atoms with E-state index in [0.717, 1.165) is 28.0 Å². The summed E-state index contributed by atoms with van der Waals surface area (Å²) in [4.78, 5) is 4.40. The van der Waals surface area contributed by atoms with Crippen LogP contribution in [0, 0.1) is 13.0 Å². The SMILES string of the molecule is C=C(N)c1cc(C)[c-]cc1C(=NC)c1ccccc1.[Y]. The van der Waals surface area contributed by atoms with Gasteiger partial charge in [0.2, 0.25) is 0 Å². The van der Waals surface area contributed by atoms with Crippen LogP contribution in [0.15, 0.2) is 54.0 Å². The van der Waals surface area contributed by atoms with Gasteiger partial charge < -0.3 is 10.7 Å². The number of aliphatic imine (C=N–C) groups is 1. The van der Waals surface area contributed by atoms with Gasteiger partial charge in [0, 0.05) is 51.2 Å². The summed E-state index contributed by atoms with van der Waals surface area (Å²) in [5, 5.41) is 0. The van der Waals surface area contributed by atoms with Crippen LogP contribution in [0.25, 0.3) is 5.70 Å². The molecule has 0 heterocycles. The third-order valence-electron chi connectivity index (χ3n) is 2.97. The van der Waals surface area contributed by atoms with Gasteiger partial charge in [0.05, 0.1) is 0 Å². The zero-order chi connectivity index (χ0) is 13.8. The fraction of sp³-hybridized carbons (Fsp3) is 0.118. The van der Waals surface area contributed by atoms with Crippen LogP contribution in [0.3, 0.4) is 0 Å². The van der Waals surface area contributed by atoms with Gasteiger partial charge >= 0.3 is 0 Å². The van der Waals surface area contributed by atoms with E-state index in [-0.39, 0.29) is 32.7 Å². The molecule has 0 saturated carbocycles. The topological polar surface area (TPSA) is 38.4 Å². The zero-order valence-electron chi connectivity index (χ0n) is 11.9. The van der Waals surface area contributed by atoms with Crippen molar-refractivity contribution in [2.24, 2.45) is 10.7 Å². The van der Waals surface area contributed by atoms with E-state index in [2.05, 4.69) is 17.6 Å². The Labute approximate surface area is 145 Å². The maximum atomic E-state index is 5.89. The first kappa shape index (κ1) is 16.8. The molecule has 0 atom stereocenters. The number of nitrogens with two attached hydrogens (primary N) is 1. The molecule has 0 aliphatic rings. The molecule has 0 aliphatic heterocycles. The maximum Gasteiger partial charge on any atom is 0.0271 e. The Bertz CT molecular complexity index is 631. The van der Waals surface area contributed by atoms with Gasteiger partial charge in [0.15, 0.2) is 0 Å². The van der Waals surface area contributed by atoms with Crippen LogP contribution in [-0.2, 0) is 32.7 Å². The van der Waals surface area contributed by atoms with E-state index >= 15 is 0 Å². The van der Waals surface area contributed by atoms with Gasteiger partial charge in [-0.3, -0.25) is 0 Å². The summed E-state index contributed by atoms with van der Waals surface area (Å²) in [6.45, 7) is 5.83. The molecule has 0 unspecified atom stereocenters. The molecule has 2 rings (SSSR count). The van der Waals surface area contributed by atoms with Gasteiger partial charge in [0.1, 0.15) is 0 Å². The molecule has 0 aromatic heterocycles. The molecule has 3 heteroatoms. The second-order valence-electron chi connectivity index (χ2n) is 4.41. The van der Waals surface area contributed by atoms with Crippen LogP contribution in [0.1, 0.15) is 22.3 Å². The molecule has 0 fully saturated rings. The van der Waals surface area contributed by atoms with Crippen molar-refractivity contribution in [3.8, 4) is 0 Å². The van der Waals surface area contributed by atoms with E-state index in [4.69, 9.17) is 5.73 Å². The summed E-state index contributed by atoms with van der Waals surface area (Å²) < 4.78 is 0. The van der Waals surface area contributed by atoms with Gasteiger partial charge in [-0.25, -0.2) is 0 Å². The molecule has 2 nitrogen and oxygen atoms in total. The Kier molecular flexibility index (Phi) is 6.31. The molecule has 0 spiro atoms. The van der Waals surface area contributed by atoms with Crippen molar-refractivity contribution in [3.05, 3.63) is 77.4 Å². The fourth-order valence-corrected chi connectivity index (χ4v) is 2.06. The Balaban J connectivity index is 0.00000200. The van der Waals surface area contributed by atoms with E-state index in [1.807, 2.05) is 49.4 Å². The number of benzene rings is 2. The van der Waals surface area contributed by atoms with Crippen LogP contribution in [0.4, 0.5) is 0 Å². The van der Waals surface area contributed by atoms with Crippen LogP contribution in [0.5, 0.6) is 0 Å². The van der Waals surface area contributed by atoms with Gasteiger partial charge in [-0.1, -0.05) is 43.8 Å². The van der Waals surface area contributed by atoms with Gasteiger partial charge in [-0.2, -0.15) is 23.8 Å². The van der Waals surface area contributed by atoms with Crippen LogP contribution in [-0.4, -0.2) is 12.8 Å². The Morgan fingerprint density at radius 3 is 2.40 bits per heavy atom. The normalized spacial score (nSPS) is 10.8. The third kappa shape index (κ3) is 3.65. The standard InChI is InChI=1S/C17H17N2.Y/c1-12-9-10-15(16(11-12)13(2)18)17(19-3)14-7-5-4-6-8-14;/h4-8,10-11H,2,18H2,1,3H3;/q-1;. The smallest absolute Gasteiger partial charge is 0.0271 e. The first-order valence-corrected chi connectivity index (χ1v) is 6.13. The van der Waals surface area contributed by atoms with Crippen molar-refractivity contribution in [1.82, 2.24) is 0 Å². The molecule has 0 aliphatic carbocycles. The van der Waals surface area contributed by atoms with Gasteiger partial charge in [0.25, 0.3) is 0 Å². The molecule has 0 amide bonds. The van der Waals surface area contributed by atoms with Crippen molar-refractivity contribution < 1.29 is 32.7 Å². The summed E-state index contributed by atoms with van der Waals surface area (Å²) in [5.41, 5.74) is 11.3. The quantitative estimate of drug-likeness (QED) is 0.677. The maximum absolute atomic E-state index is 5.89. The summed E-state index contributed by atoms with van der Waals surface area (Å²) in [5.74, 6) is 0. The fourth-order valence-electron chi connectivity index (χ4n) is 2.06. The van der Waals surface area contributed by atoms with Crippen LogP contribution >= 0.6 is 0 Å². The minimum Gasteiger partial charge on any atom is -0.400 e. The van der Waals surface area contributed by atoms with E-state index in [0.29, 0.717) is 5.70 Å². The Morgan fingerprint density at radius 2 is 1.85 bits per heavy atom. The van der Waals surface area contributed by atoms with Crippen LogP contribution < -0.4 is 5.73 Å². The average Bonchev–Trinajstić information content (AvgIpc) is 2.42. The Morgan fingerprint density at radius 1 is 1.20 bits per heavy atom. The molecule has 2 N–H and O–H groups in total. The van der Waals surface area contributed by atoms with Crippen LogP contribution in [0.2, 0.25) is 0 Å². The molecule has 0 saturated heterocycles. The molecule has 2 aromatic rings. The van der Waals surface area contributed by atoms with Crippen molar-refractivity contribution >= 4 is 11.4 Å². The molecule has 20 heavy (non-hydrogen) atoms. The largest absolute Gasteiger partial charge is 0.400 e. The number of nitrogens with zero attached hydrogens (tertiary/aromatic N) is 1. The van der Waals surface area contributed by atoms with E-state index in [1.54, 1.807) is 7.05 Å². The first-order chi connectivity index (χ1) is 9.13. The van der Waals surface area contributed by atoms with E-state index < -0.39 is 0 Å². The predicted molar refractivity (Wildman–Crippen MR) is 81.2 cm³/mol. The first-order valence-electron chi connectivity index (χ1n) is 6.13. The number of hydrogen-bond acceptors (Lipinski definition) is 2. The van der Waals surface area contributed by atoms with Gasteiger partial charge in [-0.15, -0.1) is 11.1 Å². The molecule has 2 aromatic carbocycles. The van der Waals surface area contributed by atoms with E-state index in [9.17, 15) is 0 Å². The second-order valence-corrected chi connectivity index (χ2v) is 4.41. The molecule has 0 bridgehead atoms. The molecule has 1 radical (unpaired) electrons. The van der Waals surface area contributed by atoms with Crippen molar-refractivity contribution in [3.63, 3.8) is 0 Å². The summed E-state index contributed by atoms with van der Waals surface area (Å²) in [6, 6.07) is 17.2. The van der Waals surface area contributed by atoms with E-state index in [1.165, 1.54) is 0 Å². The van der Waals surface area contributed by atoms with Crippen molar-refractivity contribution in [2.45, 2.75) is 6.92 Å². The third-order valence-corrected chi connectivity index (χ3v) is 2.97. The molecular formula is C17H17N2Y-. The summed E-state index contributed by atoms with van der Waals surface area (Å²) >= 11 is 0. The number of rotatable bonds is 3. The molecular weight excluding hydrogens is 321 g/mol. The molecule has 99 valence electrons.